The highest BCUT2D eigenvalue weighted by Crippen LogP contribution is 2.35. The fourth-order valence-electron chi connectivity index (χ4n) is 2.31. The molecule has 88 valence electrons. The normalized spacial score (nSPS) is 11.6. The second kappa shape index (κ2) is 4.42. The molecule has 3 heteroatoms. The van der Waals surface area contributed by atoms with Crippen LogP contribution in [-0.4, -0.2) is 11.4 Å². The zero-order valence-electron chi connectivity index (χ0n) is 9.47. The summed E-state index contributed by atoms with van der Waals surface area (Å²) >= 11 is 3.66. The van der Waals surface area contributed by atoms with Crippen LogP contribution in [0.5, 0.6) is 0 Å². The zero-order chi connectivity index (χ0) is 12.5. The molecule has 0 saturated heterocycles. The summed E-state index contributed by atoms with van der Waals surface area (Å²) in [6.45, 7) is 0. The number of benzene rings is 3. The number of rotatable bonds is 1. The van der Waals surface area contributed by atoms with E-state index in [-0.39, 0.29) is 0 Å². The Bertz CT molecular complexity index is 708. The lowest BCUT2D eigenvalue weighted by Gasteiger charge is -2.10. The first-order valence-corrected chi connectivity index (χ1v) is 6.38. The molecule has 1 N–H and O–H groups in total. The van der Waals surface area contributed by atoms with Crippen molar-refractivity contribution < 1.29 is 5.21 Å². The number of halogens is 1. The molecule has 3 aromatic carbocycles. The quantitative estimate of drug-likeness (QED) is 0.304. The minimum atomic E-state index is 0.937. The minimum absolute atomic E-state index is 0.937. The highest BCUT2D eigenvalue weighted by Gasteiger charge is 2.10. The summed E-state index contributed by atoms with van der Waals surface area (Å²) in [5.74, 6) is 0. The first-order chi connectivity index (χ1) is 8.83. The maximum Gasteiger partial charge on any atom is 0.0746 e. The van der Waals surface area contributed by atoms with Crippen LogP contribution in [0, 0.1) is 0 Å². The van der Waals surface area contributed by atoms with Crippen LogP contribution in [0.3, 0.4) is 0 Å². The molecular weight excluding hydrogens is 290 g/mol. The molecule has 0 spiro atoms. The van der Waals surface area contributed by atoms with Crippen molar-refractivity contribution in [2.24, 2.45) is 5.16 Å². The summed E-state index contributed by atoms with van der Waals surface area (Å²) in [6, 6.07) is 16.1. The van der Waals surface area contributed by atoms with Crippen molar-refractivity contribution in [2.75, 3.05) is 0 Å². The van der Waals surface area contributed by atoms with Gasteiger partial charge in [-0.15, -0.1) is 0 Å². The van der Waals surface area contributed by atoms with E-state index in [1.807, 2.05) is 36.4 Å². The molecule has 0 aliphatic rings. The van der Waals surface area contributed by atoms with Crippen molar-refractivity contribution in [1.82, 2.24) is 0 Å². The van der Waals surface area contributed by atoms with E-state index in [9.17, 15) is 0 Å². The average molecular weight is 300 g/mol. The van der Waals surface area contributed by atoms with Crippen LogP contribution in [0.15, 0.2) is 58.2 Å². The molecule has 0 radical (unpaired) electrons. The fraction of sp³-hybridized carbons (Fsp3) is 0. The van der Waals surface area contributed by atoms with Gasteiger partial charge in [0, 0.05) is 10.0 Å². The van der Waals surface area contributed by atoms with Gasteiger partial charge < -0.3 is 5.21 Å². The SMILES string of the molecule is O/N=C\c1c2ccccc2c(Br)c2ccccc12. The van der Waals surface area contributed by atoms with Crippen molar-refractivity contribution in [1.29, 1.82) is 0 Å². The Hall–Kier alpha value is -1.87. The van der Waals surface area contributed by atoms with Crippen molar-refractivity contribution in [2.45, 2.75) is 0 Å². The van der Waals surface area contributed by atoms with Crippen molar-refractivity contribution in [3.05, 3.63) is 58.6 Å². The second-order valence-corrected chi connectivity index (χ2v) is 4.86. The van der Waals surface area contributed by atoms with Crippen molar-refractivity contribution >= 4 is 43.7 Å². The van der Waals surface area contributed by atoms with Crippen LogP contribution < -0.4 is 0 Å². The molecule has 0 atom stereocenters. The molecule has 0 heterocycles. The maximum absolute atomic E-state index is 8.87. The maximum atomic E-state index is 8.87. The van der Waals surface area contributed by atoms with Crippen LogP contribution in [-0.2, 0) is 0 Å². The topological polar surface area (TPSA) is 32.6 Å². The molecule has 0 aliphatic carbocycles. The third-order valence-electron chi connectivity index (χ3n) is 3.09. The smallest absolute Gasteiger partial charge is 0.0746 e. The van der Waals surface area contributed by atoms with Gasteiger partial charge in [0.15, 0.2) is 0 Å². The Labute approximate surface area is 113 Å². The van der Waals surface area contributed by atoms with Crippen LogP contribution in [0.4, 0.5) is 0 Å². The second-order valence-electron chi connectivity index (χ2n) is 4.06. The number of oxime groups is 1. The molecular formula is C15H10BrNO. The van der Waals surface area contributed by atoms with Gasteiger partial charge in [0.25, 0.3) is 0 Å². The third kappa shape index (κ3) is 1.59. The molecule has 0 saturated carbocycles. The number of nitrogens with zero attached hydrogens (tertiary/aromatic N) is 1. The van der Waals surface area contributed by atoms with E-state index >= 15 is 0 Å². The van der Waals surface area contributed by atoms with Crippen LogP contribution in [0.25, 0.3) is 21.5 Å². The van der Waals surface area contributed by atoms with Gasteiger partial charge in [0.05, 0.1) is 6.21 Å². The first-order valence-electron chi connectivity index (χ1n) is 5.59. The van der Waals surface area contributed by atoms with Gasteiger partial charge in [-0.05, 0) is 37.5 Å². The van der Waals surface area contributed by atoms with Gasteiger partial charge in [-0.25, -0.2) is 0 Å². The Balaban J connectivity index is 2.62. The lowest BCUT2D eigenvalue weighted by Crippen LogP contribution is -1.89. The standard InChI is InChI=1S/C15H10BrNO/c16-15-12-7-3-1-5-10(12)14(9-17-18)11-6-2-4-8-13(11)15/h1-9,18H/b17-9-. The van der Waals surface area contributed by atoms with E-state index in [0.29, 0.717) is 0 Å². The van der Waals surface area contributed by atoms with Crippen LogP contribution in [0.1, 0.15) is 5.56 Å². The summed E-state index contributed by atoms with van der Waals surface area (Å²) in [5, 5.41) is 16.4. The summed E-state index contributed by atoms with van der Waals surface area (Å²) in [7, 11) is 0. The molecule has 3 rings (SSSR count). The summed E-state index contributed by atoms with van der Waals surface area (Å²) in [4.78, 5) is 0. The van der Waals surface area contributed by atoms with Gasteiger partial charge in [-0.2, -0.15) is 0 Å². The van der Waals surface area contributed by atoms with E-state index < -0.39 is 0 Å². The molecule has 0 amide bonds. The molecule has 0 bridgehead atoms. The van der Waals surface area contributed by atoms with Gasteiger partial charge in [0.2, 0.25) is 0 Å². The summed E-state index contributed by atoms with van der Waals surface area (Å²) < 4.78 is 1.07. The van der Waals surface area contributed by atoms with Gasteiger partial charge in [-0.3, -0.25) is 0 Å². The Morgan fingerprint density at radius 1 is 0.833 bits per heavy atom. The minimum Gasteiger partial charge on any atom is -0.411 e. The molecule has 0 aliphatic heterocycles. The largest absolute Gasteiger partial charge is 0.411 e. The van der Waals surface area contributed by atoms with Crippen LogP contribution in [0.2, 0.25) is 0 Å². The van der Waals surface area contributed by atoms with E-state index in [1.54, 1.807) is 0 Å². The zero-order valence-corrected chi connectivity index (χ0v) is 11.1. The number of hydrogen-bond acceptors (Lipinski definition) is 2. The van der Waals surface area contributed by atoms with Gasteiger partial charge >= 0.3 is 0 Å². The Kier molecular flexibility index (Phi) is 2.76. The molecule has 2 nitrogen and oxygen atoms in total. The van der Waals surface area contributed by atoms with E-state index in [1.165, 1.54) is 6.21 Å². The third-order valence-corrected chi connectivity index (χ3v) is 3.95. The monoisotopic (exact) mass is 299 g/mol. The van der Waals surface area contributed by atoms with E-state index in [0.717, 1.165) is 31.6 Å². The molecule has 0 fully saturated rings. The average Bonchev–Trinajstić information content (AvgIpc) is 2.43. The number of fused-ring (bicyclic) bond motifs is 2. The Morgan fingerprint density at radius 3 is 1.72 bits per heavy atom. The van der Waals surface area contributed by atoms with Gasteiger partial charge in [-0.1, -0.05) is 53.7 Å². The van der Waals surface area contributed by atoms with Gasteiger partial charge in [0.1, 0.15) is 0 Å². The summed E-state index contributed by atoms with van der Waals surface area (Å²) in [5.41, 5.74) is 0.937. The highest BCUT2D eigenvalue weighted by atomic mass is 79.9. The fourth-order valence-corrected chi connectivity index (χ4v) is 3.00. The molecule has 0 unspecified atom stereocenters. The van der Waals surface area contributed by atoms with E-state index in [2.05, 4.69) is 33.2 Å². The molecule has 0 aromatic heterocycles. The molecule has 18 heavy (non-hydrogen) atoms. The van der Waals surface area contributed by atoms with Crippen molar-refractivity contribution in [3.8, 4) is 0 Å². The summed E-state index contributed by atoms with van der Waals surface area (Å²) in [6.07, 6.45) is 1.50. The highest BCUT2D eigenvalue weighted by molar-refractivity contribution is 9.10. The molecule has 3 aromatic rings. The first kappa shape index (κ1) is 11.2. The van der Waals surface area contributed by atoms with E-state index in [4.69, 9.17) is 5.21 Å². The predicted octanol–water partition coefficient (Wildman–Crippen LogP) is 4.56. The Morgan fingerprint density at radius 2 is 1.28 bits per heavy atom. The lowest BCUT2D eigenvalue weighted by molar-refractivity contribution is 0.322. The number of hydrogen-bond donors (Lipinski definition) is 1. The van der Waals surface area contributed by atoms with Crippen molar-refractivity contribution in [3.63, 3.8) is 0 Å². The predicted molar refractivity (Wildman–Crippen MR) is 78.5 cm³/mol. The van der Waals surface area contributed by atoms with Crippen LogP contribution >= 0.6 is 15.9 Å². The lowest BCUT2D eigenvalue weighted by atomic mass is 9.97.